The molecule has 1 heterocycles. The van der Waals surface area contributed by atoms with Gasteiger partial charge in [-0.25, -0.2) is 4.39 Å². The molecule has 0 amide bonds. The second-order valence-electron chi connectivity index (χ2n) is 5.19. The van der Waals surface area contributed by atoms with Crippen LogP contribution in [0.25, 0.3) is 0 Å². The molecule has 0 radical (unpaired) electrons. The maximum absolute atomic E-state index is 12.9. The summed E-state index contributed by atoms with van der Waals surface area (Å²) in [6.07, 6.45) is 5.12. The van der Waals surface area contributed by atoms with Gasteiger partial charge in [0.05, 0.1) is 6.10 Å². The van der Waals surface area contributed by atoms with Crippen molar-refractivity contribution in [2.24, 2.45) is 0 Å². The zero-order valence-corrected chi connectivity index (χ0v) is 10.9. The van der Waals surface area contributed by atoms with Gasteiger partial charge in [-0.1, -0.05) is 31.9 Å². The molecule has 100 valence electrons. The fraction of sp³-hybridized carbons (Fsp3) is 0.600. The van der Waals surface area contributed by atoms with Gasteiger partial charge in [0.15, 0.2) is 0 Å². The van der Waals surface area contributed by atoms with Crippen LogP contribution < -0.4 is 5.32 Å². The van der Waals surface area contributed by atoms with Gasteiger partial charge in [0, 0.05) is 12.1 Å². The van der Waals surface area contributed by atoms with Crippen molar-refractivity contribution in [3.63, 3.8) is 0 Å². The van der Waals surface area contributed by atoms with Crippen molar-refractivity contribution in [3.05, 3.63) is 35.6 Å². The van der Waals surface area contributed by atoms with Crippen LogP contribution in [0.4, 0.5) is 4.39 Å². The normalized spacial score (nSPS) is 25.9. The Hall–Kier alpha value is -0.930. The minimum Gasteiger partial charge on any atom is -0.387 e. The van der Waals surface area contributed by atoms with E-state index in [0.29, 0.717) is 6.04 Å². The highest BCUT2D eigenvalue weighted by atomic mass is 19.1. The first-order valence-electron chi connectivity index (χ1n) is 6.90. The highest BCUT2D eigenvalue weighted by Gasteiger charge is 2.26. The maximum Gasteiger partial charge on any atom is 0.123 e. The quantitative estimate of drug-likeness (QED) is 0.861. The second kappa shape index (κ2) is 6.30. The van der Waals surface area contributed by atoms with Crippen molar-refractivity contribution >= 4 is 0 Å². The number of halogens is 1. The summed E-state index contributed by atoms with van der Waals surface area (Å²) in [4.78, 5) is 0. The van der Waals surface area contributed by atoms with Crippen molar-refractivity contribution < 1.29 is 9.50 Å². The molecule has 1 aliphatic heterocycles. The molecule has 0 spiro atoms. The number of rotatable bonds is 4. The maximum atomic E-state index is 12.9. The predicted octanol–water partition coefficient (Wildman–Crippen LogP) is 3.17. The monoisotopic (exact) mass is 251 g/mol. The van der Waals surface area contributed by atoms with E-state index in [1.165, 1.54) is 18.6 Å². The third-order valence-corrected chi connectivity index (χ3v) is 3.75. The Labute approximate surface area is 108 Å². The van der Waals surface area contributed by atoms with Crippen molar-refractivity contribution in [2.75, 3.05) is 0 Å². The van der Waals surface area contributed by atoms with E-state index in [1.54, 1.807) is 12.1 Å². The lowest BCUT2D eigenvalue weighted by molar-refractivity contribution is 0.0997. The molecule has 1 aromatic rings. The molecular formula is C15H22FNO. The molecule has 1 fully saturated rings. The Kier molecular flexibility index (Phi) is 4.72. The third-order valence-electron chi connectivity index (χ3n) is 3.75. The Morgan fingerprint density at radius 1 is 1.33 bits per heavy atom. The summed E-state index contributed by atoms with van der Waals surface area (Å²) >= 11 is 0. The molecule has 3 heteroatoms. The summed E-state index contributed by atoms with van der Waals surface area (Å²) in [5.74, 6) is -0.258. The van der Waals surface area contributed by atoms with Crippen molar-refractivity contribution in [2.45, 2.75) is 57.2 Å². The van der Waals surface area contributed by atoms with E-state index in [4.69, 9.17) is 0 Å². The lowest BCUT2D eigenvalue weighted by Crippen LogP contribution is -2.45. The van der Waals surface area contributed by atoms with E-state index < -0.39 is 6.10 Å². The van der Waals surface area contributed by atoms with Crippen molar-refractivity contribution in [1.29, 1.82) is 0 Å². The van der Waals surface area contributed by atoms with Gasteiger partial charge in [-0.2, -0.15) is 0 Å². The summed E-state index contributed by atoms with van der Waals surface area (Å²) in [5, 5.41) is 13.9. The van der Waals surface area contributed by atoms with E-state index >= 15 is 0 Å². The van der Waals surface area contributed by atoms with Gasteiger partial charge in [-0.05, 0) is 37.0 Å². The minimum absolute atomic E-state index is 0.0979. The Balaban J connectivity index is 1.99. The summed E-state index contributed by atoms with van der Waals surface area (Å²) in [5.41, 5.74) is 0.797. The van der Waals surface area contributed by atoms with Gasteiger partial charge in [-0.15, -0.1) is 0 Å². The number of aliphatic hydroxyl groups excluding tert-OH is 1. The number of nitrogens with one attached hydrogen (secondary N) is 1. The van der Waals surface area contributed by atoms with Crippen LogP contribution in [-0.2, 0) is 0 Å². The summed E-state index contributed by atoms with van der Waals surface area (Å²) < 4.78 is 12.9. The lowest BCUT2D eigenvalue weighted by atomic mass is 9.90. The molecule has 2 nitrogen and oxygen atoms in total. The van der Waals surface area contributed by atoms with Crippen LogP contribution >= 0.6 is 0 Å². The molecule has 0 aromatic heterocycles. The Morgan fingerprint density at radius 3 is 2.72 bits per heavy atom. The van der Waals surface area contributed by atoms with E-state index in [2.05, 4.69) is 12.2 Å². The zero-order valence-electron chi connectivity index (χ0n) is 10.9. The highest BCUT2D eigenvalue weighted by molar-refractivity contribution is 5.20. The molecule has 3 atom stereocenters. The van der Waals surface area contributed by atoms with Gasteiger partial charge in [0.1, 0.15) is 5.82 Å². The minimum atomic E-state index is -0.537. The number of aliphatic hydroxyl groups is 1. The molecule has 0 saturated carbocycles. The molecule has 1 aromatic carbocycles. The van der Waals surface area contributed by atoms with Crippen LogP contribution in [0.5, 0.6) is 0 Å². The van der Waals surface area contributed by atoms with Crippen molar-refractivity contribution in [1.82, 2.24) is 5.32 Å². The van der Waals surface area contributed by atoms with Gasteiger partial charge in [0.25, 0.3) is 0 Å². The van der Waals surface area contributed by atoms with Crippen LogP contribution in [0.15, 0.2) is 24.3 Å². The van der Waals surface area contributed by atoms with Gasteiger partial charge in [0.2, 0.25) is 0 Å². The summed E-state index contributed by atoms with van der Waals surface area (Å²) in [6, 6.07) is 6.77. The number of piperidine rings is 1. The first kappa shape index (κ1) is 13.5. The third kappa shape index (κ3) is 3.30. The average molecular weight is 251 g/mol. The summed E-state index contributed by atoms with van der Waals surface area (Å²) in [6.45, 7) is 2.18. The first-order valence-corrected chi connectivity index (χ1v) is 6.90. The second-order valence-corrected chi connectivity index (χ2v) is 5.19. The standard InChI is InChI=1S/C15H22FNO/c1-2-4-13-5-3-6-14(17-13)15(18)11-7-9-12(16)10-8-11/h7-10,13-15,17-18H,2-6H2,1H3/t13-,14-,15-/m1/s1. The molecule has 0 aliphatic carbocycles. The Bertz CT molecular complexity index is 363. The van der Waals surface area contributed by atoms with Crippen LogP contribution in [0.3, 0.4) is 0 Å². The van der Waals surface area contributed by atoms with Gasteiger partial charge < -0.3 is 10.4 Å². The highest BCUT2D eigenvalue weighted by Crippen LogP contribution is 2.26. The molecule has 18 heavy (non-hydrogen) atoms. The SMILES string of the molecule is CCC[C@@H]1CCC[C@H]([C@H](O)c2ccc(F)cc2)N1. The van der Waals surface area contributed by atoms with E-state index in [1.807, 2.05) is 0 Å². The molecule has 0 unspecified atom stereocenters. The van der Waals surface area contributed by atoms with Crippen LogP contribution in [0.2, 0.25) is 0 Å². The van der Waals surface area contributed by atoms with Crippen LogP contribution in [-0.4, -0.2) is 17.2 Å². The smallest absolute Gasteiger partial charge is 0.123 e. The number of hydrogen-bond acceptors (Lipinski definition) is 2. The molecule has 0 bridgehead atoms. The van der Waals surface area contributed by atoms with Crippen molar-refractivity contribution in [3.8, 4) is 0 Å². The first-order chi connectivity index (χ1) is 8.70. The largest absolute Gasteiger partial charge is 0.387 e. The number of hydrogen-bond donors (Lipinski definition) is 2. The Morgan fingerprint density at radius 2 is 2.06 bits per heavy atom. The summed E-state index contributed by atoms with van der Waals surface area (Å²) in [7, 11) is 0. The number of benzene rings is 1. The average Bonchev–Trinajstić information content (AvgIpc) is 2.39. The van der Waals surface area contributed by atoms with Gasteiger partial charge in [-0.3, -0.25) is 0 Å². The fourth-order valence-electron chi connectivity index (χ4n) is 2.77. The zero-order chi connectivity index (χ0) is 13.0. The topological polar surface area (TPSA) is 32.3 Å². The molecule has 2 N–H and O–H groups in total. The van der Waals surface area contributed by atoms with E-state index in [-0.39, 0.29) is 11.9 Å². The van der Waals surface area contributed by atoms with Gasteiger partial charge >= 0.3 is 0 Å². The molecule has 1 aliphatic rings. The van der Waals surface area contributed by atoms with E-state index in [9.17, 15) is 9.50 Å². The molecular weight excluding hydrogens is 229 g/mol. The van der Waals surface area contributed by atoms with E-state index in [0.717, 1.165) is 31.2 Å². The molecule has 1 saturated heterocycles. The fourth-order valence-corrected chi connectivity index (χ4v) is 2.77. The lowest BCUT2D eigenvalue weighted by Gasteiger charge is -2.34. The molecule has 2 rings (SSSR count). The van der Waals surface area contributed by atoms with Crippen LogP contribution in [0, 0.1) is 5.82 Å². The predicted molar refractivity (Wildman–Crippen MR) is 70.8 cm³/mol. The van der Waals surface area contributed by atoms with Crippen LogP contribution in [0.1, 0.15) is 50.7 Å².